The van der Waals surface area contributed by atoms with Crippen molar-refractivity contribution in [3.8, 4) is 0 Å². The molecule has 2 heterocycles. The van der Waals surface area contributed by atoms with E-state index in [-0.39, 0.29) is 5.69 Å². The number of carboxylic acids is 1. The maximum Gasteiger partial charge on any atom is 0.358 e. The van der Waals surface area contributed by atoms with E-state index in [1.807, 2.05) is 12.1 Å². The lowest BCUT2D eigenvalue weighted by atomic mass is 10.1. The predicted molar refractivity (Wildman–Crippen MR) is 71.8 cm³/mol. The number of nitrogens with one attached hydrogen (secondary N) is 1. The number of fused-ring (bicyclic) bond motifs is 1. The van der Waals surface area contributed by atoms with E-state index in [9.17, 15) is 9.90 Å². The van der Waals surface area contributed by atoms with Crippen molar-refractivity contribution in [1.29, 1.82) is 0 Å². The summed E-state index contributed by atoms with van der Waals surface area (Å²) >= 11 is 0. The summed E-state index contributed by atoms with van der Waals surface area (Å²) in [6.07, 6.45) is 4.49. The average molecular weight is 267 g/mol. The topological polar surface area (TPSA) is 101 Å². The molecule has 1 aromatic carbocycles. The third-order valence-corrected chi connectivity index (χ3v) is 2.70. The Labute approximate surface area is 113 Å². The largest absolute Gasteiger partial charge is 0.476 e. The summed E-state index contributed by atoms with van der Waals surface area (Å²) in [5.41, 5.74) is 1.41. The molecule has 0 saturated heterocycles. The number of anilines is 2. The van der Waals surface area contributed by atoms with Crippen LogP contribution in [-0.4, -0.2) is 31.2 Å². The van der Waals surface area contributed by atoms with Gasteiger partial charge in [0.15, 0.2) is 5.69 Å². The van der Waals surface area contributed by atoms with Gasteiger partial charge < -0.3 is 10.4 Å². The van der Waals surface area contributed by atoms with Gasteiger partial charge in [0.05, 0.1) is 29.3 Å². The summed E-state index contributed by atoms with van der Waals surface area (Å²) in [7, 11) is 0. The number of carboxylic acid groups (broad SMARTS) is 1. The van der Waals surface area contributed by atoms with Crippen LogP contribution in [0.4, 0.5) is 11.4 Å². The fraction of sp³-hybridized carbons (Fsp3) is 0. The second-order valence-electron chi connectivity index (χ2n) is 4.00. The van der Waals surface area contributed by atoms with Crippen LogP contribution in [0.2, 0.25) is 0 Å². The zero-order chi connectivity index (χ0) is 13.9. The average Bonchev–Trinajstić information content (AvgIpc) is 2.48. The van der Waals surface area contributed by atoms with Crippen molar-refractivity contribution in [2.45, 2.75) is 0 Å². The molecule has 2 N–H and O–H groups in total. The maximum atomic E-state index is 11.3. The Kier molecular flexibility index (Phi) is 2.92. The van der Waals surface area contributed by atoms with Crippen LogP contribution in [0.5, 0.6) is 0 Å². The molecule has 0 saturated carbocycles. The third-order valence-electron chi connectivity index (χ3n) is 2.70. The molecule has 0 radical (unpaired) electrons. The van der Waals surface area contributed by atoms with E-state index in [1.54, 1.807) is 24.5 Å². The number of hydrogen-bond donors (Lipinski definition) is 2. The molecule has 0 atom stereocenters. The van der Waals surface area contributed by atoms with Crippen LogP contribution in [-0.2, 0) is 0 Å². The minimum atomic E-state index is -1.15. The Morgan fingerprint density at radius 2 is 1.85 bits per heavy atom. The molecule has 0 aliphatic heterocycles. The van der Waals surface area contributed by atoms with Gasteiger partial charge in [0.2, 0.25) is 0 Å². The Balaban J connectivity index is 2.20. The molecule has 3 rings (SSSR count). The monoisotopic (exact) mass is 267 g/mol. The Hall–Kier alpha value is -3.09. The smallest absolute Gasteiger partial charge is 0.358 e. The molecule has 7 heteroatoms. The highest BCUT2D eigenvalue weighted by Crippen LogP contribution is 2.27. The van der Waals surface area contributed by atoms with E-state index in [1.165, 1.54) is 6.33 Å². The number of benzene rings is 1. The van der Waals surface area contributed by atoms with Gasteiger partial charge in [-0.3, -0.25) is 0 Å². The third kappa shape index (κ3) is 2.12. The van der Waals surface area contributed by atoms with Gasteiger partial charge in [-0.2, -0.15) is 0 Å². The van der Waals surface area contributed by atoms with E-state index in [0.717, 1.165) is 0 Å². The highest BCUT2D eigenvalue weighted by Gasteiger charge is 2.16. The van der Waals surface area contributed by atoms with Crippen molar-refractivity contribution < 1.29 is 9.90 Å². The minimum absolute atomic E-state index is 0.146. The first kappa shape index (κ1) is 12.0. The number of nitrogens with zero attached hydrogens (tertiary/aromatic N) is 4. The Bertz CT molecular complexity index is 776. The van der Waals surface area contributed by atoms with Crippen LogP contribution >= 0.6 is 0 Å². The number of carbonyl (C=O) groups is 1. The zero-order valence-corrected chi connectivity index (χ0v) is 10.2. The molecule has 0 amide bonds. The molecule has 0 spiro atoms. The molecule has 0 unspecified atom stereocenters. The second-order valence-corrected chi connectivity index (χ2v) is 4.00. The molecule has 20 heavy (non-hydrogen) atoms. The number of aromatic carboxylic acids is 1. The molecular weight excluding hydrogens is 258 g/mol. The van der Waals surface area contributed by atoms with Crippen molar-refractivity contribution >= 4 is 28.2 Å². The van der Waals surface area contributed by atoms with Crippen LogP contribution in [0.25, 0.3) is 10.9 Å². The van der Waals surface area contributed by atoms with Gasteiger partial charge in [-0.05, 0) is 6.07 Å². The molecule has 0 bridgehead atoms. The predicted octanol–water partition coefficient (Wildman–Crippen LogP) is 1.86. The van der Waals surface area contributed by atoms with Gasteiger partial charge in [-0.1, -0.05) is 18.2 Å². The van der Waals surface area contributed by atoms with E-state index in [4.69, 9.17) is 0 Å². The van der Waals surface area contributed by atoms with Crippen LogP contribution in [0.1, 0.15) is 10.5 Å². The lowest BCUT2D eigenvalue weighted by Gasteiger charge is -2.10. The molecular formula is C13H9N5O2. The molecule has 0 aliphatic rings. The fourth-order valence-electron chi connectivity index (χ4n) is 1.84. The highest BCUT2D eigenvalue weighted by atomic mass is 16.4. The minimum Gasteiger partial charge on any atom is -0.476 e. The number of hydrogen-bond acceptors (Lipinski definition) is 6. The first-order chi connectivity index (χ1) is 9.75. The first-order valence-electron chi connectivity index (χ1n) is 5.76. The lowest BCUT2D eigenvalue weighted by Crippen LogP contribution is -2.08. The maximum absolute atomic E-state index is 11.3. The fourth-order valence-corrected chi connectivity index (χ4v) is 1.84. The summed E-state index contributed by atoms with van der Waals surface area (Å²) in [6.45, 7) is 0. The SMILES string of the molecule is O=C(O)c1nnc2ccccc2c1Nc1cncnc1. The standard InChI is InChI=1S/C13H9N5O2/c19-13(20)12-11(16-8-5-14-7-15-6-8)9-3-1-2-4-10(9)17-18-12/h1-7H,(H,16,17)(H,19,20). The quantitative estimate of drug-likeness (QED) is 0.746. The van der Waals surface area contributed by atoms with E-state index < -0.39 is 5.97 Å². The number of aromatic nitrogens is 4. The first-order valence-corrected chi connectivity index (χ1v) is 5.76. The summed E-state index contributed by atoms with van der Waals surface area (Å²) in [4.78, 5) is 19.0. The van der Waals surface area contributed by atoms with Crippen molar-refractivity contribution in [3.63, 3.8) is 0 Å². The summed E-state index contributed by atoms with van der Waals surface area (Å²) < 4.78 is 0. The molecule has 2 aromatic heterocycles. The zero-order valence-electron chi connectivity index (χ0n) is 10.2. The lowest BCUT2D eigenvalue weighted by molar-refractivity contribution is 0.0690. The van der Waals surface area contributed by atoms with E-state index in [2.05, 4.69) is 25.5 Å². The number of rotatable bonds is 3. The van der Waals surface area contributed by atoms with Gasteiger partial charge in [-0.15, -0.1) is 10.2 Å². The van der Waals surface area contributed by atoms with Crippen molar-refractivity contribution in [1.82, 2.24) is 20.2 Å². The molecule has 3 aromatic rings. The summed E-state index contributed by atoms with van der Waals surface area (Å²) in [5.74, 6) is -1.15. The van der Waals surface area contributed by atoms with Crippen molar-refractivity contribution in [2.24, 2.45) is 0 Å². The van der Waals surface area contributed by atoms with Gasteiger partial charge >= 0.3 is 5.97 Å². The van der Waals surface area contributed by atoms with Crippen molar-refractivity contribution in [2.75, 3.05) is 5.32 Å². The van der Waals surface area contributed by atoms with Gasteiger partial charge in [0, 0.05) is 5.39 Å². The summed E-state index contributed by atoms with van der Waals surface area (Å²) in [6, 6.07) is 7.17. The highest BCUT2D eigenvalue weighted by molar-refractivity contribution is 6.03. The van der Waals surface area contributed by atoms with E-state index >= 15 is 0 Å². The molecule has 98 valence electrons. The van der Waals surface area contributed by atoms with E-state index in [0.29, 0.717) is 22.3 Å². The second kappa shape index (κ2) is 4.88. The molecule has 0 fully saturated rings. The van der Waals surface area contributed by atoms with Crippen LogP contribution in [0.15, 0.2) is 43.0 Å². The summed E-state index contributed by atoms with van der Waals surface area (Å²) in [5, 5.41) is 20.5. The van der Waals surface area contributed by atoms with Crippen molar-refractivity contribution in [3.05, 3.63) is 48.7 Å². The Morgan fingerprint density at radius 3 is 2.60 bits per heavy atom. The molecule has 7 nitrogen and oxygen atoms in total. The van der Waals surface area contributed by atoms with Crippen LogP contribution in [0, 0.1) is 0 Å². The Morgan fingerprint density at radius 1 is 1.10 bits per heavy atom. The van der Waals surface area contributed by atoms with Gasteiger partial charge in [0.25, 0.3) is 0 Å². The normalized spacial score (nSPS) is 10.4. The van der Waals surface area contributed by atoms with Crippen LogP contribution < -0.4 is 5.32 Å². The molecule has 0 aliphatic carbocycles. The van der Waals surface area contributed by atoms with Crippen LogP contribution in [0.3, 0.4) is 0 Å². The van der Waals surface area contributed by atoms with Gasteiger partial charge in [-0.25, -0.2) is 14.8 Å². The van der Waals surface area contributed by atoms with Gasteiger partial charge in [0.1, 0.15) is 6.33 Å².